The molecule has 0 atom stereocenters. The van der Waals surface area contributed by atoms with Crippen LogP contribution in [0.2, 0.25) is 0 Å². The molecule has 138 valence electrons. The number of thiazole rings is 1. The van der Waals surface area contributed by atoms with Gasteiger partial charge in [0.05, 0.1) is 28.9 Å². The predicted molar refractivity (Wildman–Crippen MR) is 98.9 cm³/mol. The van der Waals surface area contributed by atoms with Crippen LogP contribution in [0, 0.1) is 18.3 Å². The van der Waals surface area contributed by atoms with Gasteiger partial charge in [-0.3, -0.25) is 4.79 Å². The third-order valence-corrected chi connectivity index (χ3v) is 6.30. The summed E-state index contributed by atoms with van der Waals surface area (Å²) in [6.45, 7) is 1.95. The molecule has 0 aromatic carbocycles. The SMILES string of the molecule is Cc1nc(Cc2nnc(SCC(=O)N(C)C3(C#N)CCCCC3)o2)cs1. The summed E-state index contributed by atoms with van der Waals surface area (Å²) in [6, 6.07) is 2.37. The van der Waals surface area contributed by atoms with Crippen molar-refractivity contribution in [3.63, 3.8) is 0 Å². The first-order chi connectivity index (χ1) is 12.5. The van der Waals surface area contributed by atoms with Gasteiger partial charge < -0.3 is 9.32 Å². The smallest absolute Gasteiger partial charge is 0.277 e. The summed E-state index contributed by atoms with van der Waals surface area (Å²) in [5.74, 6) is 0.574. The Morgan fingerprint density at radius 3 is 2.85 bits per heavy atom. The molecule has 7 nitrogen and oxygen atoms in total. The molecule has 2 aromatic rings. The lowest BCUT2D eigenvalue weighted by molar-refractivity contribution is -0.131. The van der Waals surface area contributed by atoms with E-state index >= 15 is 0 Å². The lowest BCUT2D eigenvalue weighted by Crippen LogP contribution is -2.50. The van der Waals surface area contributed by atoms with E-state index in [2.05, 4.69) is 21.3 Å². The average molecular weight is 392 g/mol. The third kappa shape index (κ3) is 4.24. The number of carbonyl (C=O) groups excluding carboxylic acids is 1. The van der Waals surface area contributed by atoms with E-state index < -0.39 is 5.54 Å². The lowest BCUT2D eigenvalue weighted by atomic mass is 9.81. The molecule has 1 saturated carbocycles. The van der Waals surface area contributed by atoms with Crippen LogP contribution in [0.5, 0.6) is 0 Å². The number of nitrogens with zero attached hydrogens (tertiary/aromatic N) is 5. The summed E-state index contributed by atoms with van der Waals surface area (Å²) < 4.78 is 5.59. The number of aromatic nitrogens is 3. The van der Waals surface area contributed by atoms with Gasteiger partial charge in [-0.15, -0.1) is 21.5 Å². The topological polar surface area (TPSA) is 95.9 Å². The van der Waals surface area contributed by atoms with Crippen LogP contribution in [-0.4, -0.2) is 44.3 Å². The van der Waals surface area contributed by atoms with Gasteiger partial charge in [-0.25, -0.2) is 4.98 Å². The van der Waals surface area contributed by atoms with Gasteiger partial charge in [0.15, 0.2) is 0 Å². The molecule has 9 heteroatoms. The lowest BCUT2D eigenvalue weighted by Gasteiger charge is -2.38. The van der Waals surface area contributed by atoms with E-state index in [1.807, 2.05) is 12.3 Å². The van der Waals surface area contributed by atoms with Crippen molar-refractivity contribution in [2.24, 2.45) is 0 Å². The zero-order chi connectivity index (χ0) is 18.6. The maximum Gasteiger partial charge on any atom is 0.277 e. The van der Waals surface area contributed by atoms with Crippen LogP contribution in [-0.2, 0) is 11.2 Å². The first kappa shape index (κ1) is 18.9. The van der Waals surface area contributed by atoms with E-state index in [1.165, 1.54) is 11.8 Å². The Morgan fingerprint density at radius 1 is 1.42 bits per heavy atom. The maximum absolute atomic E-state index is 12.5. The minimum Gasteiger partial charge on any atom is -0.416 e. The fourth-order valence-electron chi connectivity index (χ4n) is 3.13. The van der Waals surface area contributed by atoms with Crippen molar-refractivity contribution >= 4 is 29.0 Å². The van der Waals surface area contributed by atoms with Crippen LogP contribution in [0.4, 0.5) is 0 Å². The van der Waals surface area contributed by atoms with E-state index in [0.29, 0.717) is 17.5 Å². The monoisotopic (exact) mass is 391 g/mol. The van der Waals surface area contributed by atoms with Gasteiger partial charge in [-0.05, 0) is 19.8 Å². The van der Waals surface area contributed by atoms with Crippen LogP contribution in [0.1, 0.15) is 48.7 Å². The molecule has 1 fully saturated rings. The molecule has 0 saturated heterocycles. The van der Waals surface area contributed by atoms with Gasteiger partial charge in [-0.2, -0.15) is 5.26 Å². The molecule has 0 unspecified atom stereocenters. The molecule has 2 heterocycles. The predicted octanol–water partition coefficient (Wildman–Crippen LogP) is 3.20. The maximum atomic E-state index is 12.5. The van der Waals surface area contributed by atoms with Crippen LogP contribution in [0.3, 0.4) is 0 Å². The Morgan fingerprint density at radius 2 is 2.19 bits per heavy atom. The Hall–Kier alpha value is -1.92. The highest BCUT2D eigenvalue weighted by Crippen LogP contribution is 2.33. The molecule has 1 aliphatic carbocycles. The summed E-state index contributed by atoms with van der Waals surface area (Å²) in [6.07, 6.45) is 5.08. The molecule has 1 amide bonds. The van der Waals surface area contributed by atoms with E-state index in [-0.39, 0.29) is 11.7 Å². The fourth-order valence-corrected chi connectivity index (χ4v) is 4.44. The summed E-state index contributed by atoms with van der Waals surface area (Å²) in [7, 11) is 1.72. The van der Waals surface area contributed by atoms with E-state index in [4.69, 9.17) is 4.42 Å². The van der Waals surface area contributed by atoms with Crippen molar-refractivity contribution in [3.8, 4) is 6.07 Å². The van der Waals surface area contributed by atoms with Gasteiger partial charge in [0, 0.05) is 12.4 Å². The van der Waals surface area contributed by atoms with Gasteiger partial charge in [-0.1, -0.05) is 31.0 Å². The molecule has 0 N–H and O–H groups in total. The second-order valence-corrected chi connectivity index (χ2v) is 8.43. The van der Waals surface area contributed by atoms with Crippen LogP contribution >= 0.6 is 23.1 Å². The molecular formula is C17H21N5O2S2. The van der Waals surface area contributed by atoms with Crippen molar-refractivity contribution in [3.05, 3.63) is 22.0 Å². The minimum absolute atomic E-state index is 0.0895. The summed E-state index contributed by atoms with van der Waals surface area (Å²) >= 11 is 2.79. The van der Waals surface area contributed by atoms with Gasteiger partial charge in [0.1, 0.15) is 5.54 Å². The van der Waals surface area contributed by atoms with E-state index in [1.54, 1.807) is 23.3 Å². The Bertz CT molecular complexity index is 804. The van der Waals surface area contributed by atoms with Crippen molar-refractivity contribution in [1.29, 1.82) is 5.26 Å². The number of rotatable bonds is 6. The first-order valence-electron chi connectivity index (χ1n) is 8.56. The molecule has 0 radical (unpaired) electrons. The molecule has 2 aromatic heterocycles. The molecule has 1 aliphatic rings. The van der Waals surface area contributed by atoms with Crippen LogP contribution in [0.25, 0.3) is 0 Å². The fraction of sp³-hybridized carbons (Fsp3) is 0.588. The van der Waals surface area contributed by atoms with Gasteiger partial charge in [0.2, 0.25) is 11.8 Å². The van der Waals surface area contributed by atoms with Crippen LogP contribution in [0.15, 0.2) is 15.0 Å². The quantitative estimate of drug-likeness (QED) is 0.698. The standard InChI is InChI=1S/C17H21N5O2S2/c1-12-19-13(9-25-12)8-14-20-21-16(24-14)26-10-15(23)22(2)17(11-18)6-4-3-5-7-17/h9H,3-8,10H2,1-2H3. The minimum atomic E-state index is -0.668. The highest BCUT2D eigenvalue weighted by Gasteiger charge is 2.38. The third-order valence-electron chi connectivity index (χ3n) is 4.67. The summed E-state index contributed by atoms with van der Waals surface area (Å²) in [4.78, 5) is 18.5. The molecule has 26 heavy (non-hydrogen) atoms. The number of thioether (sulfide) groups is 1. The summed E-state index contributed by atoms with van der Waals surface area (Å²) in [5.41, 5.74) is 0.232. The Kier molecular flexibility index (Phi) is 5.94. The largest absolute Gasteiger partial charge is 0.416 e. The molecule has 3 rings (SSSR count). The number of amides is 1. The van der Waals surface area contributed by atoms with Crippen molar-refractivity contribution < 1.29 is 9.21 Å². The van der Waals surface area contributed by atoms with Gasteiger partial charge in [0.25, 0.3) is 5.22 Å². The Balaban J connectivity index is 1.55. The summed E-state index contributed by atoms with van der Waals surface area (Å²) in [5, 5.41) is 20.9. The molecule has 0 bridgehead atoms. The van der Waals surface area contributed by atoms with Gasteiger partial charge >= 0.3 is 0 Å². The average Bonchev–Trinajstić information content (AvgIpc) is 3.28. The number of hydrogen-bond donors (Lipinski definition) is 0. The van der Waals surface area contributed by atoms with Crippen molar-refractivity contribution in [1.82, 2.24) is 20.1 Å². The number of carbonyl (C=O) groups is 1. The normalized spacial score (nSPS) is 16.2. The second-order valence-electron chi connectivity index (χ2n) is 6.44. The highest BCUT2D eigenvalue weighted by atomic mass is 32.2. The molecule has 0 aliphatic heterocycles. The molecular weight excluding hydrogens is 370 g/mol. The number of nitriles is 1. The first-order valence-corrected chi connectivity index (χ1v) is 10.4. The second kappa shape index (κ2) is 8.18. The number of hydrogen-bond acceptors (Lipinski definition) is 8. The Labute approximate surface area is 160 Å². The van der Waals surface area contributed by atoms with Crippen LogP contribution < -0.4 is 0 Å². The van der Waals surface area contributed by atoms with E-state index in [0.717, 1.165) is 42.8 Å². The van der Waals surface area contributed by atoms with Crippen molar-refractivity contribution in [2.45, 2.75) is 56.2 Å². The van der Waals surface area contributed by atoms with E-state index in [9.17, 15) is 10.1 Å². The number of aryl methyl sites for hydroxylation is 1. The zero-order valence-electron chi connectivity index (χ0n) is 14.9. The van der Waals surface area contributed by atoms with Crippen molar-refractivity contribution in [2.75, 3.05) is 12.8 Å². The highest BCUT2D eigenvalue weighted by molar-refractivity contribution is 7.99. The molecule has 0 spiro atoms. The zero-order valence-corrected chi connectivity index (χ0v) is 16.5.